The number of amides is 1. The summed E-state index contributed by atoms with van der Waals surface area (Å²) in [5.41, 5.74) is 3.57. The monoisotopic (exact) mass is 365 g/mol. The molecule has 0 spiro atoms. The lowest BCUT2D eigenvalue weighted by Crippen LogP contribution is -2.67. The SMILES string of the molecule is CC(=O)N1CCCCN2[C@H](CO)[C@H](c3ccc(-c4ccncc4)cc3)[C@@H]2C1. The van der Waals surface area contributed by atoms with Gasteiger partial charge in [0.2, 0.25) is 5.91 Å². The Labute approximate surface area is 160 Å². The average molecular weight is 365 g/mol. The average Bonchev–Trinajstić information content (AvgIpc) is 2.67. The van der Waals surface area contributed by atoms with Crippen LogP contribution in [0.15, 0.2) is 48.8 Å². The first-order valence-electron chi connectivity index (χ1n) is 9.81. The molecule has 1 amide bonds. The second kappa shape index (κ2) is 7.79. The van der Waals surface area contributed by atoms with Gasteiger partial charge in [0.05, 0.1) is 6.61 Å². The number of benzene rings is 1. The van der Waals surface area contributed by atoms with Crippen LogP contribution < -0.4 is 0 Å². The molecule has 27 heavy (non-hydrogen) atoms. The van der Waals surface area contributed by atoms with E-state index in [0.29, 0.717) is 0 Å². The number of rotatable bonds is 3. The van der Waals surface area contributed by atoms with Gasteiger partial charge >= 0.3 is 0 Å². The Morgan fingerprint density at radius 3 is 2.41 bits per heavy atom. The number of fused-ring (bicyclic) bond motifs is 1. The number of aliphatic hydroxyl groups is 1. The normalized spacial score (nSPS) is 25.9. The second-order valence-electron chi connectivity index (χ2n) is 7.61. The van der Waals surface area contributed by atoms with Gasteiger partial charge in [-0.2, -0.15) is 0 Å². The highest BCUT2D eigenvalue weighted by molar-refractivity contribution is 5.73. The molecule has 2 aliphatic rings. The van der Waals surface area contributed by atoms with Crippen LogP contribution >= 0.6 is 0 Å². The fraction of sp³-hybridized carbons (Fsp3) is 0.455. The third-order valence-corrected chi connectivity index (χ3v) is 6.12. The fourth-order valence-electron chi connectivity index (χ4n) is 4.67. The van der Waals surface area contributed by atoms with Gasteiger partial charge in [-0.15, -0.1) is 0 Å². The minimum absolute atomic E-state index is 0.147. The van der Waals surface area contributed by atoms with E-state index in [1.165, 1.54) is 11.1 Å². The van der Waals surface area contributed by atoms with Gasteiger partial charge in [0, 0.05) is 50.4 Å². The van der Waals surface area contributed by atoms with Crippen molar-refractivity contribution in [2.24, 2.45) is 0 Å². The van der Waals surface area contributed by atoms with Crippen molar-refractivity contribution < 1.29 is 9.90 Å². The fourth-order valence-corrected chi connectivity index (χ4v) is 4.67. The predicted molar refractivity (Wildman–Crippen MR) is 105 cm³/mol. The first-order chi connectivity index (χ1) is 13.2. The Morgan fingerprint density at radius 2 is 1.74 bits per heavy atom. The number of hydrogen-bond donors (Lipinski definition) is 1. The van der Waals surface area contributed by atoms with Crippen molar-refractivity contribution in [3.05, 3.63) is 54.4 Å². The summed E-state index contributed by atoms with van der Waals surface area (Å²) in [7, 11) is 0. The molecule has 2 saturated heterocycles. The zero-order valence-electron chi connectivity index (χ0n) is 15.8. The van der Waals surface area contributed by atoms with Crippen molar-refractivity contribution in [2.75, 3.05) is 26.2 Å². The topological polar surface area (TPSA) is 56.7 Å². The second-order valence-corrected chi connectivity index (χ2v) is 7.61. The number of nitrogens with zero attached hydrogens (tertiary/aromatic N) is 3. The largest absolute Gasteiger partial charge is 0.395 e. The van der Waals surface area contributed by atoms with E-state index < -0.39 is 0 Å². The number of hydrogen-bond acceptors (Lipinski definition) is 4. The van der Waals surface area contributed by atoms with Crippen LogP contribution in [0.4, 0.5) is 0 Å². The maximum atomic E-state index is 12.0. The maximum Gasteiger partial charge on any atom is 0.219 e. The summed E-state index contributed by atoms with van der Waals surface area (Å²) in [6.07, 6.45) is 5.72. The van der Waals surface area contributed by atoms with Gasteiger partial charge in [0.1, 0.15) is 0 Å². The van der Waals surface area contributed by atoms with Crippen molar-refractivity contribution in [2.45, 2.75) is 37.8 Å². The predicted octanol–water partition coefficient (Wildman–Crippen LogP) is 2.52. The smallest absolute Gasteiger partial charge is 0.219 e. The molecular weight excluding hydrogens is 338 g/mol. The van der Waals surface area contributed by atoms with Crippen LogP contribution in [0, 0.1) is 0 Å². The minimum Gasteiger partial charge on any atom is -0.395 e. The summed E-state index contributed by atoms with van der Waals surface area (Å²) in [5, 5.41) is 10.00. The van der Waals surface area contributed by atoms with E-state index in [4.69, 9.17) is 0 Å². The third kappa shape index (κ3) is 3.49. The molecule has 1 aromatic carbocycles. The molecule has 0 bridgehead atoms. The van der Waals surface area contributed by atoms with E-state index in [2.05, 4.69) is 34.1 Å². The molecule has 0 unspecified atom stereocenters. The van der Waals surface area contributed by atoms with Crippen LogP contribution in [-0.2, 0) is 4.79 Å². The minimum atomic E-state index is 0.147. The molecule has 0 aliphatic carbocycles. The van der Waals surface area contributed by atoms with Crippen molar-refractivity contribution in [3.8, 4) is 11.1 Å². The van der Waals surface area contributed by atoms with E-state index in [-0.39, 0.29) is 30.5 Å². The van der Waals surface area contributed by atoms with Crippen LogP contribution in [0.25, 0.3) is 11.1 Å². The third-order valence-electron chi connectivity index (χ3n) is 6.12. The molecule has 5 heteroatoms. The van der Waals surface area contributed by atoms with Gasteiger partial charge < -0.3 is 10.0 Å². The molecule has 0 radical (unpaired) electrons. The molecular formula is C22H27N3O2. The molecule has 2 aliphatic heterocycles. The summed E-state index contributed by atoms with van der Waals surface area (Å²) in [5.74, 6) is 0.414. The van der Waals surface area contributed by atoms with Crippen LogP contribution in [0.2, 0.25) is 0 Å². The van der Waals surface area contributed by atoms with Crippen LogP contribution in [0.3, 0.4) is 0 Å². The molecule has 3 heterocycles. The summed E-state index contributed by atoms with van der Waals surface area (Å²) >= 11 is 0. The number of carbonyl (C=O) groups excluding carboxylic acids is 1. The van der Waals surface area contributed by atoms with Crippen LogP contribution in [0.5, 0.6) is 0 Å². The molecule has 0 saturated carbocycles. The summed E-state index contributed by atoms with van der Waals surface area (Å²) in [4.78, 5) is 20.4. The molecule has 5 nitrogen and oxygen atoms in total. The van der Waals surface area contributed by atoms with Gasteiger partial charge in [-0.25, -0.2) is 0 Å². The van der Waals surface area contributed by atoms with Crippen molar-refractivity contribution in [1.82, 2.24) is 14.8 Å². The highest BCUT2D eigenvalue weighted by Crippen LogP contribution is 2.42. The lowest BCUT2D eigenvalue weighted by atomic mass is 9.74. The lowest BCUT2D eigenvalue weighted by molar-refractivity contribution is -0.134. The molecule has 2 fully saturated rings. The van der Waals surface area contributed by atoms with Crippen LogP contribution in [0.1, 0.15) is 31.2 Å². The molecule has 2 aromatic rings. The van der Waals surface area contributed by atoms with Crippen molar-refractivity contribution in [1.29, 1.82) is 0 Å². The van der Waals surface area contributed by atoms with Gasteiger partial charge in [-0.05, 0) is 48.2 Å². The molecule has 4 rings (SSSR count). The Morgan fingerprint density at radius 1 is 1.07 bits per heavy atom. The highest BCUT2D eigenvalue weighted by atomic mass is 16.3. The Kier molecular flexibility index (Phi) is 5.23. The van der Waals surface area contributed by atoms with Gasteiger partial charge in [0.15, 0.2) is 0 Å². The van der Waals surface area contributed by atoms with Crippen molar-refractivity contribution >= 4 is 5.91 Å². The van der Waals surface area contributed by atoms with Crippen molar-refractivity contribution in [3.63, 3.8) is 0 Å². The van der Waals surface area contributed by atoms with E-state index in [9.17, 15) is 9.90 Å². The lowest BCUT2D eigenvalue weighted by Gasteiger charge is -2.57. The molecule has 3 atom stereocenters. The summed E-state index contributed by atoms with van der Waals surface area (Å²) in [6.45, 7) is 4.42. The zero-order valence-corrected chi connectivity index (χ0v) is 15.8. The Balaban J connectivity index is 1.58. The Hall–Kier alpha value is -2.24. The van der Waals surface area contributed by atoms with Gasteiger partial charge in [-0.3, -0.25) is 14.7 Å². The quantitative estimate of drug-likeness (QED) is 0.908. The Bertz CT molecular complexity index is 778. The summed E-state index contributed by atoms with van der Waals surface area (Å²) < 4.78 is 0. The van der Waals surface area contributed by atoms with Crippen LogP contribution in [-0.4, -0.2) is 64.1 Å². The number of pyridine rings is 1. The summed E-state index contributed by atoms with van der Waals surface area (Å²) in [6, 6.07) is 13.1. The standard InChI is InChI=1S/C22H27N3O2/c1-16(27)24-12-2-3-13-25-20(14-24)22(21(25)15-26)19-6-4-17(5-7-19)18-8-10-23-11-9-18/h4-11,20-22,26H,2-3,12-15H2,1H3/t20-,21+,22+/m0/s1. The van der Waals surface area contributed by atoms with Gasteiger partial charge in [-0.1, -0.05) is 24.3 Å². The van der Waals surface area contributed by atoms with E-state index in [1.807, 2.05) is 17.0 Å². The molecule has 142 valence electrons. The molecule has 1 N–H and O–H groups in total. The van der Waals surface area contributed by atoms with E-state index in [1.54, 1.807) is 19.3 Å². The maximum absolute atomic E-state index is 12.0. The van der Waals surface area contributed by atoms with Gasteiger partial charge in [0.25, 0.3) is 0 Å². The number of aliphatic hydroxyl groups excluding tert-OH is 1. The first kappa shape index (κ1) is 18.1. The highest BCUT2D eigenvalue weighted by Gasteiger charge is 2.49. The first-order valence-corrected chi connectivity index (χ1v) is 9.81. The molecule has 1 aromatic heterocycles. The number of aromatic nitrogens is 1. The van der Waals surface area contributed by atoms with E-state index >= 15 is 0 Å². The number of carbonyl (C=O) groups is 1. The van der Waals surface area contributed by atoms with E-state index in [0.717, 1.165) is 38.0 Å². The zero-order chi connectivity index (χ0) is 18.8.